The highest BCUT2D eigenvalue weighted by atomic mass is 32.2. The fourth-order valence-corrected chi connectivity index (χ4v) is 4.28. The van der Waals surface area contributed by atoms with Gasteiger partial charge in [0, 0.05) is 16.2 Å². The Morgan fingerprint density at radius 1 is 0.947 bits per heavy atom. The Bertz CT molecular complexity index is 583. The molecule has 2 heteroatoms. The second-order valence-corrected chi connectivity index (χ2v) is 6.50. The van der Waals surface area contributed by atoms with Crippen LogP contribution in [0.1, 0.15) is 29.5 Å². The van der Waals surface area contributed by atoms with E-state index in [9.17, 15) is 5.11 Å². The van der Waals surface area contributed by atoms with E-state index in [0.29, 0.717) is 5.92 Å². The zero-order valence-electron chi connectivity index (χ0n) is 10.7. The molecule has 0 aromatic heterocycles. The van der Waals surface area contributed by atoms with Gasteiger partial charge >= 0.3 is 0 Å². The second-order valence-electron chi connectivity index (χ2n) is 5.48. The summed E-state index contributed by atoms with van der Waals surface area (Å²) in [6, 6.07) is 16.7. The van der Waals surface area contributed by atoms with Gasteiger partial charge in [-0.3, -0.25) is 0 Å². The molecule has 1 nitrogen and oxygen atoms in total. The van der Waals surface area contributed by atoms with Gasteiger partial charge in [-0.1, -0.05) is 42.5 Å². The van der Waals surface area contributed by atoms with Crippen LogP contribution < -0.4 is 0 Å². The van der Waals surface area contributed by atoms with Crippen LogP contribution in [0.25, 0.3) is 0 Å². The van der Waals surface area contributed by atoms with Crippen LogP contribution >= 0.6 is 11.8 Å². The summed E-state index contributed by atoms with van der Waals surface area (Å²) in [7, 11) is 0. The minimum Gasteiger partial charge on any atom is -0.380 e. The van der Waals surface area contributed by atoms with Crippen LogP contribution in [0.15, 0.2) is 53.4 Å². The molecule has 0 radical (unpaired) electrons. The molecule has 1 aliphatic carbocycles. The fraction of sp³-hybridized carbons (Fsp3) is 0.294. The maximum absolute atomic E-state index is 11.5. The third-order valence-corrected chi connectivity index (χ3v) is 5.40. The summed E-state index contributed by atoms with van der Waals surface area (Å²) in [6.07, 6.45) is 2.26. The molecule has 19 heavy (non-hydrogen) atoms. The Morgan fingerprint density at radius 2 is 1.63 bits per heavy atom. The van der Waals surface area contributed by atoms with E-state index in [1.54, 1.807) is 0 Å². The van der Waals surface area contributed by atoms with Crippen LogP contribution in [0.5, 0.6) is 0 Å². The standard InChI is InChI=1S/C17H16OS/c18-17(13-9-10-13)14-6-2-1-5-12(14)11-19-16-8-4-3-7-15(16)17/h1-8,13,18H,9-11H2. The maximum Gasteiger partial charge on any atom is 0.119 e. The molecule has 0 spiro atoms. The maximum atomic E-state index is 11.5. The first kappa shape index (κ1) is 11.6. The summed E-state index contributed by atoms with van der Waals surface area (Å²) < 4.78 is 0. The second kappa shape index (κ2) is 4.12. The Labute approximate surface area is 117 Å². The Balaban J connectivity index is 2.01. The Hall–Kier alpha value is -1.25. The quantitative estimate of drug-likeness (QED) is 0.845. The van der Waals surface area contributed by atoms with Gasteiger partial charge in [-0.25, -0.2) is 0 Å². The molecular weight excluding hydrogens is 252 g/mol. The summed E-state index contributed by atoms with van der Waals surface area (Å²) in [6.45, 7) is 0. The lowest BCUT2D eigenvalue weighted by Crippen LogP contribution is -2.30. The van der Waals surface area contributed by atoms with Crippen molar-refractivity contribution >= 4 is 11.8 Å². The molecule has 1 saturated carbocycles. The van der Waals surface area contributed by atoms with Gasteiger partial charge in [0.25, 0.3) is 0 Å². The number of hydrogen-bond acceptors (Lipinski definition) is 2. The van der Waals surface area contributed by atoms with E-state index in [4.69, 9.17) is 0 Å². The van der Waals surface area contributed by atoms with Gasteiger partial charge in [-0.2, -0.15) is 0 Å². The van der Waals surface area contributed by atoms with Crippen molar-refractivity contribution in [3.05, 3.63) is 65.2 Å². The lowest BCUT2D eigenvalue weighted by Gasteiger charge is -2.30. The average Bonchev–Trinajstić information content (AvgIpc) is 3.29. The van der Waals surface area contributed by atoms with Crippen molar-refractivity contribution < 1.29 is 5.11 Å². The molecule has 1 aliphatic heterocycles. The van der Waals surface area contributed by atoms with E-state index in [1.807, 2.05) is 23.9 Å². The van der Waals surface area contributed by atoms with Crippen molar-refractivity contribution in [3.8, 4) is 0 Å². The van der Waals surface area contributed by atoms with Crippen molar-refractivity contribution in [3.63, 3.8) is 0 Å². The minimum atomic E-state index is -0.781. The van der Waals surface area contributed by atoms with Gasteiger partial charge in [0.1, 0.15) is 5.60 Å². The van der Waals surface area contributed by atoms with E-state index in [2.05, 4.69) is 36.4 Å². The highest BCUT2D eigenvalue weighted by Gasteiger charge is 2.49. The number of benzene rings is 2. The summed E-state index contributed by atoms with van der Waals surface area (Å²) in [5.41, 5.74) is 2.72. The third kappa shape index (κ3) is 1.67. The number of fused-ring (bicyclic) bond motifs is 2. The van der Waals surface area contributed by atoms with Crippen molar-refractivity contribution in [2.75, 3.05) is 0 Å². The van der Waals surface area contributed by atoms with Crippen molar-refractivity contribution in [2.24, 2.45) is 5.92 Å². The highest BCUT2D eigenvalue weighted by Crippen LogP contribution is 2.54. The van der Waals surface area contributed by atoms with Gasteiger partial charge in [0.05, 0.1) is 0 Å². The first-order valence-electron chi connectivity index (χ1n) is 6.83. The Morgan fingerprint density at radius 3 is 2.42 bits per heavy atom. The molecule has 1 unspecified atom stereocenters. The molecule has 2 aromatic carbocycles. The van der Waals surface area contributed by atoms with Gasteiger partial charge in [0.2, 0.25) is 0 Å². The fourth-order valence-electron chi connectivity index (χ4n) is 3.17. The zero-order valence-corrected chi connectivity index (χ0v) is 11.5. The molecule has 4 rings (SSSR count). The molecule has 1 N–H and O–H groups in total. The predicted octanol–water partition coefficient (Wildman–Crippen LogP) is 3.94. The van der Waals surface area contributed by atoms with E-state index in [0.717, 1.165) is 29.7 Å². The molecule has 2 aromatic rings. The molecule has 1 atom stereocenters. The summed E-state index contributed by atoms with van der Waals surface area (Å²) in [5, 5.41) is 11.5. The van der Waals surface area contributed by atoms with Gasteiger partial charge in [-0.15, -0.1) is 11.8 Å². The highest BCUT2D eigenvalue weighted by molar-refractivity contribution is 7.98. The molecular formula is C17H16OS. The number of rotatable bonds is 1. The number of aliphatic hydroxyl groups is 1. The molecule has 96 valence electrons. The lowest BCUT2D eigenvalue weighted by molar-refractivity contribution is 0.0535. The van der Waals surface area contributed by atoms with Crippen molar-refractivity contribution in [1.82, 2.24) is 0 Å². The van der Waals surface area contributed by atoms with Crippen molar-refractivity contribution in [1.29, 1.82) is 0 Å². The van der Waals surface area contributed by atoms with Crippen LogP contribution in [0.4, 0.5) is 0 Å². The first-order valence-corrected chi connectivity index (χ1v) is 7.82. The summed E-state index contributed by atoms with van der Waals surface area (Å²) in [4.78, 5) is 1.23. The largest absolute Gasteiger partial charge is 0.380 e. The van der Waals surface area contributed by atoms with Crippen molar-refractivity contribution in [2.45, 2.75) is 29.1 Å². The molecule has 0 saturated heterocycles. The number of thioether (sulfide) groups is 1. The van der Waals surface area contributed by atoms with Crippen LogP contribution in [0.3, 0.4) is 0 Å². The topological polar surface area (TPSA) is 20.2 Å². The van der Waals surface area contributed by atoms with E-state index in [1.165, 1.54) is 10.5 Å². The molecule has 2 aliphatic rings. The molecule has 1 fully saturated rings. The van der Waals surface area contributed by atoms with Crippen LogP contribution in [0.2, 0.25) is 0 Å². The Kier molecular flexibility index (Phi) is 2.51. The monoisotopic (exact) mass is 268 g/mol. The SMILES string of the molecule is OC1(C2CC2)c2ccccc2CSc2ccccc21. The smallest absolute Gasteiger partial charge is 0.119 e. The summed E-state index contributed by atoms with van der Waals surface area (Å²) >= 11 is 1.84. The van der Waals surface area contributed by atoms with Gasteiger partial charge in [0.15, 0.2) is 0 Å². The van der Waals surface area contributed by atoms with Crippen LogP contribution in [-0.4, -0.2) is 5.11 Å². The van der Waals surface area contributed by atoms with E-state index >= 15 is 0 Å². The van der Waals surface area contributed by atoms with Gasteiger partial charge in [-0.05, 0) is 36.0 Å². The normalized spacial score (nSPS) is 25.3. The summed E-state index contributed by atoms with van der Waals surface area (Å²) in [5.74, 6) is 1.33. The van der Waals surface area contributed by atoms with Crippen LogP contribution in [-0.2, 0) is 11.4 Å². The lowest BCUT2D eigenvalue weighted by atomic mass is 9.80. The van der Waals surface area contributed by atoms with E-state index in [-0.39, 0.29) is 0 Å². The average molecular weight is 268 g/mol. The first-order chi connectivity index (χ1) is 9.30. The van der Waals surface area contributed by atoms with Crippen LogP contribution in [0, 0.1) is 5.92 Å². The predicted molar refractivity (Wildman–Crippen MR) is 78.2 cm³/mol. The van der Waals surface area contributed by atoms with E-state index < -0.39 is 5.60 Å². The zero-order chi connectivity index (χ0) is 12.9. The third-order valence-electron chi connectivity index (χ3n) is 4.28. The molecule has 0 amide bonds. The minimum absolute atomic E-state index is 0.383. The molecule has 0 bridgehead atoms. The number of hydrogen-bond donors (Lipinski definition) is 1. The van der Waals surface area contributed by atoms with Gasteiger partial charge < -0.3 is 5.11 Å². The molecule has 1 heterocycles.